The fourth-order valence-electron chi connectivity index (χ4n) is 1.88. The fourth-order valence-corrected chi connectivity index (χ4v) is 2.59. The number of amides is 1. The molecule has 0 bridgehead atoms. The van der Waals surface area contributed by atoms with Crippen molar-refractivity contribution in [3.05, 3.63) is 64.2 Å². The van der Waals surface area contributed by atoms with E-state index < -0.39 is 11.7 Å². The first kappa shape index (κ1) is 14.6. The molecule has 7 heteroatoms. The minimum absolute atomic E-state index is 0.114. The van der Waals surface area contributed by atoms with Crippen LogP contribution < -0.4 is 5.32 Å². The molecule has 1 N–H and O–H groups in total. The van der Waals surface area contributed by atoms with Crippen LogP contribution in [-0.4, -0.2) is 15.5 Å². The van der Waals surface area contributed by atoms with Crippen LogP contribution >= 0.6 is 23.1 Å². The Balaban J connectivity index is 1.90. The molecule has 0 radical (unpaired) electrons. The Morgan fingerprint density at radius 3 is 2.59 bits per heavy atom. The molecule has 3 aromatic rings. The Morgan fingerprint density at radius 2 is 1.86 bits per heavy atom. The van der Waals surface area contributed by atoms with Gasteiger partial charge in [-0.25, -0.2) is 4.39 Å². The van der Waals surface area contributed by atoms with E-state index in [9.17, 15) is 9.18 Å². The van der Waals surface area contributed by atoms with Gasteiger partial charge in [-0.05, 0) is 35.8 Å². The number of nitrogens with zero attached hydrogens (tertiary/aromatic N) is 2. The molecule has 0 fully saturated rings. The van der Waals surface area contributed by atoms with Gasteiger partial charge in [0.1, 0.15) is 16.4 Å². The van der Waals surface area contributed by atoms with Gasteiger partial charge < -0.3 is 5.32 Å². The Bertz CT molecular complexity index is 820. The van der Waals surface area contributed by atoms with Crippen LogP contribution in [0.2, 0.25) is 5.02 Å². The van der Waals surface area contributed by atoms with E-state index in [0.29, 0.717) is 15.6 Å². The maximum atomic E-state index is 13.6. The molecule has 0 saturated carbocycles. The zero-order valence-electron chi connectivity index (χ0n) is 11.1. The highest BCUT2D eigenvalue weighted by Gasteiger charge is 2.18. The molecule has 0 spiro atoms. The van der Waals surface area contributed by atoms with E-state index in [1.807, 2.05) is 0 Å². The first-order valence-corrected chi connectivity index (χ1v) is 7.44. The van der Waals surface area contributed by atoms with Crippen molar-refractivity contribution in [3.8, 4) is 11.3 Å². The van der Waals surface area contributed by atoms with Gasteiger partial charge in [0.15, 0.2) is 0 Å². The van der Waals surface area contributed by atoms with Crippen molar-refractivity contribution >= 4 is 34.7 Å². The van der Waals surface area contributed by atoms with Crippen molar-refractivity contribution in [1.29, 1.82) is 0 Å². The van der Waals surface area contributed by atoms with Crippen molar-refractivity contribution in [3.63, 3.8) is 0 Å². The van der Waals surface area contributed by atoms with Crippen molar-refractivity contribution in [1.82, 2.24) is 9.59 Å². The predicted octanol–water partition coefficient (Wildman–Crippen LogP) is 4.25. The van der Waals surface area contributed by atoms with E-state index in [4.69, 9.17) is 11.6 Å². The smallest absolute Gasteiger partial charge is 0.269 e. The molecule has 0 saturated heterocycles. The van der Waals surface area contributed by atoms with E-state index in [2.05, 4.69) is 14.9 Å². The Morgan fingerprint density at radius 1 is 1.14 bits per heavy atom. The second-order valence-corrected chi connectivity index (χ2v) is 5.58. The Labute approximate surface area is 134 Å². The molecule has 0 unspecified atom stereocenters. The first-order valence-electron chi connectivity index (χ1n) is 6.29. The normalized spacial score (nSPS) is 10.5. The van der Waals surface area contributed by atoms with E-state index in [1.54, 1.807) is 36.4 Å². The van der Waals surface area contributed by atoms with Gasteiger partial charge in [0.05, 0.1) is 5.69 Å². The van der Waals surface area contributed by atoms with E-state index in [0.717, 1.165) is 17.1 Å². The molecule has 2 aromatic carbocycles. The SMILES string of the molecule is O=C(Nc1ccccc1F)c1snnc1-c1ccc(Cl)cc1. The number of hydrogen-bond donors (Lipinski definition) is 1. The standard InChI is InChI=1S/C15H9ClFN3OS/c16-10-7-5-9(6-8-10)13-14(22-20-19-13)15(21)18-12-4-2-1-3-11(12)17/h1-8H,(H,18,21). The third-order valence-corrected chi connectivity index (χ3v) is 3.91. The van der Waals surface area contributed by atoms with Gasteiger partial charge in [0.25, 0.3) is 5.91 Å². The number of hydrogen-bond acceptors (Lipinski definition) is 4. The molecular weight excluding hydrogens is 325 g/mol. The lowest BCUT2D eigenvalue weighted by molar-refractivity contribution is 0.103. The van der Waals surface area contributed by atoms with Crippen LogP contribution in [0, 0.1) is 5.82 Å². The molecule has 1 amide bonds. The molecule has 1 heterocycles. The Hall–Kier alpha value is -2.31. The van der Waals surface area contributed by atoms with E-state index in [1.165, 1.54) is 12.1 Å². The van der Waals surface area contributed by atoms with Gasteiger partial charge in [0.2, 0.25) is 0 Å². The third kappa shape index (κ3) is 2.98. The number of para-hydroxylation sites is 1. The zero-order chi connectivity index (χ0) is 15.5. The predicted molar refractivity (Wildman–Crippen MR) is 84.7 cm³/mol. The molecule has 0 aliphatic carbocycles. The zero-order valence-corrected chi connectivity index (χ0v) is 12.7. The summed E-state index contributed by atoms with van der Waals surface area (Å²) in [5.74, 6) is -0.952. The topological polar surface area (TPSA) is 54.9 Å². The molecule has 0 aliphatic heterocycles. The van der Waals surface area contributed by atoms with Crippen LogP contribution in [0.25, 0.3) is 11.3 Å². The number of rotatable bonds is 3. The summed E-state index contributed by atoms with van der Waals surface area (Å²) in [6.07, 6.45) is 0. The molecule has 0 aliphatic rings. The minimum Gasteiger partial charge on any atom is -0.319 e. The average Bonchev–Trinajstić information content (AvgIpc) is 3.00. The van der Waals surface area contributed by atoms with Crippen LogP contribution in [0.5, 0.6) is 0 Å². The Kier molecular flexibility index (Phi) is 4.13. The highest BCUT2D eigenvalue weighted by Crippen LogP contribution is 2.26. The number of carbonyl (C=O) groups excluding carboxylic acids is 1. The van der Waals surface area contributed by atoms with Gasteiger partial charge >= 0.3 is 0 Å². The lowest BCUT2D eigenvalue weighted by Crippen LogP contribution is -2.12. The molecule has 0 atom stereocenters. The van der Waals surface area contributed by atoms with Gasteiger partial charge in [-0.15, -0.1) is 5.10 Å². The maximum absolute atomic E-state index is 13.6. The highest BCUT2D eigenvalue weighted by molar-refractivity contribution is 7.08. The van der Waals surface area contributed by atoms with Crippen molar-refractivity contribution in [2.45, 2.75) is 0 Å². The summed E-state index contributed by atoms with van der Waals surface area (Å²) in [6, 6.07) is 12.9. The van der Waals surface area contributed by atoms with Gasteiger partial charge in [-0.1, -0.05) is 40.4 Å². The number of anilines is 1. The van der Waals surface area contributed by atoms with Gasteiger partial charge in [-0.3, -0.25) is 4.79 Å². The summed E-state index contributed by atoms with van der Waals surface area (Å²) in [5.41, 5.74) is 1.27. The lowest BCUT2D eigenvalue weighted by Gasteiger charge is -2.05. The monoisotopic (exact) mass is 333 g/mol. The van der Waals surface area contributed by atoms with Crippen LogP contribution in [0.15, 0.2) is 48.5 Å². The van der Waals surface area contributed by atoms with Crippen molar-refractivity contribution < 1.29 is 9.18 Å². The van der Waals surface area contributed by atoms with Crippen LogP contribution in [0.1, 0.15) is 9.67 Å². The van der Waals surface area contributed by atoms with Crippen LogP contribution in [0.3, 0.4) is 0 Å². The van der Waals surface area contributed by atoms with Crippen molar-refractivity contribution in [2.24, 2.45) is 0 Å². The lowest BCUT2D eigenvalue weighted by atomic mass is 10.1. The minimum atomic E-state index is -0.499. The van der Waals surface area contributed by atoms with E-state index in [-0.39, 0.29) is 5.69 Å². The average molecular weight is 334 g/mol. The summed E-state index contributed by atoms with van der Waals surface area (Å²) in [7, 11) is 0. The first-order chi connectivity index (χ1) is 10.6. The number of nitrogens with one attached hydrogen (secondary N) is 1. The van der Waals surface area contributed by atoms with Crippen LogP contribution in [0.4, 0.5) is 10.1 Å². The molecule has 3 rings (SSSR count). The molecule has 4 nitrogen and oxygen atoms in total. The number of carbonyl (C=O) groups is 1. The largest absolute Gasteiger partial charge is 0.319 e. The van der Waals surface area contributed by atoms with Gasteiger partial charge in [-0.2, -0.15) is 0 Å². The van der Waals surface area contributed by atoms with Crippen molar-refractivity contribution in [2.75, 3.05) is 5.32 Å². The number of aromatic nitrogens is 2. The summed E-state index contributed by atoms with van der Waals surface area (Å²) in [4.78, 5) is 12.6. The number of benzene rings is 2. The number of halogens is 2. The molecule has 22 heavy (non-hydrogen) atoms. The summed E-state index contributed by atoms with van der Waals surface area (Å²) in [5, 5.41) is 7.08. The van der Waals surface area contributed by atoms with Gasteiger partial charge in [0, 0.05) is 10.6 Å². The summed E-state index contributed by atoms with van der Waals surface area (Å²) < 4.78 is 17.4. The molecular formula is C15H9ClFN3OS. The van der Waals surface area contributed by atoms with E-state index >= 15 is 0 Å². The summed E-state index contributed by atoms with van der Waals surface area (Å²) in [6.45, 7) is 0. The fraction of sp³-hybridized carbons (Fsp3) is 0. The molecule has 110 valence electrons. The highest BCUT2D eigenvalue weighted by atomic mass is 35.5. The second-order valence-electron chi connectivity index (χ2n) is 4.39. The third-order valence-electron chi connectivity index (χ3n) is 2.93. The maximum Gasteiger partial charge on any atom is 0.269 e. The van der Waals surface area contributed by atoms with Crippen LogP contribution in [-0.2, 0) is 0 Å². The summed E-state index contributed by atoms with van der Waals surface area (Å²) >= 11 is 6.80. The molecule has 1 aromatic heterocycles. The quantitative estimate of drug-likeness (QED) is 0.779. The second kappa shape index (κ2) is 6.21.